The molecular weight excluding hydrogens is 232 g/mol. The molecule has 2 fully saturated rings. The third kappa shape index (κ3) is 2.51. The van der Waals surface area contributed by atoms with Crippen molar-refractivity contribution in [3.63, 3.8) is 0 Å². The van der Waals surface area contributed by atoms with E-state index in [2.05, 4.69) is 18.9 Å². The molecule has 5 heteroatoms. The Bertz CT molecular complexity index is 335. The van der Waals surface area contributed by atoms with E-state index in [9.17, 15) is 9.59 Å². The molecule has 0 radical (unpaired) electrons. The van der Waals surface area contributed by atoms with Crippen molar-refractivity contribution < 1.29 is 14.7 Å². The molecule has 1 N–H and O–H groups in total. The topological polar surface area (TPSA) is 60.9 Å². The Kier molecular flexibility index (Phi) is 3.90. The molecule has 2 aliphatic heterocycles. The smallest absolute Gasteiger partial charge is 0.308 e. The highest BCUT2D eigenvalue weighted by molar-refractivity contribution is 5.80. The van der Waals surface area contributed by atoms with Crippen LogP contribution in [0.15, 0.2) is 0 Å². The molecule has 2 rings (SSSR count). The van der Waals surface area contributed by atoms with Gasteiger partial charge in [-0.15, -0.1) is 0 Å². The maximum absolute atomic E-state index is 12.0. The first-order chi connectivity index (χ1) is 8.50. The van der Waals surface area contributed by atoms with Crippen LogP contribution in [-0.2, 0) is 9.59 Å². The van der Waals surface area contributed by atoms with Crippen molar-refractivity contribution in [2.24, 2.45) is 5.92 Å². The number of hydrogen-bond donors (Lipinski definition) is 1. The number of aliphatic carboxylic acids is 1. The number of hydrazine groups is 1. The van der Waals surface area contributed by atoms with Crippen LogP contribution in [0.2, 0.25) is 0 Å². The van der Waals surface area contributed by atoms with Crippen molar-refractivity contribution in [3.05, 3.63) is 0 Å². The fourth-order valence-electron chi connectivity index (χ4n) is 3.14. The molecule has 5 nitrogen and oxygen atoms in total. The molecule has 2 heterocycles. The van der Waals surface area contributed by atoms with Gasteiger partial charge in [0.05, 0.1) is 12.5 Å². The highest BCUT2D eigenvalue weighted by atomic mass is 16.4. The number of carbonyl (C=O) groups excluding carboxylic acids is 1. The van der Waals surface area contributed by atoms with E-state index in [-0.39, 0.29) is 5.91 Å². The van der Waals surface area contributed by atoms with Gasteiger partial charge in [0.2, 0.25) is 5.91 Å². The first-order valence-corrected chi connectivity index (χ1v) is 6.82. The van der Waals surface area contributed by atoms with Gasteiger partial charge in [0.15, 0.2) is 0 Å². The second-order valence-corrected chi connectivity index (χ2v) is 5.56. The number of piperidine rings is 2. The van der Waals surface area contributed by atoms with E-state index in [4.69, 9.17) is 5.11 Å². The third-order valence-corrected chi connectivity index (χ3v) is 4.16. The van der Waals surface area contributed by atoms with Crippen molar-refractivity contribution in [1.29, 1.82) is 0 Å². The van der Waals surface area contributed by atoms with E-state index in [0.717, 1.165) is 12.8 Å². The van der Waals surface area contributed by atoms with E-state index in [1.54, 1.807) is 5.01 Å². The molecule has 3 atom stereocenters. The van der Waals surface area contributed by atoms with Crippen LogP contribution in [0.25, 0.3) is 0 Å². The van der Waals surface area contributed by atoms with Gasteiger partial charge < -0.3 is 5.11 Å². The van der Waals surface area contributed by atoms with Crippen LogP contribution in [0.3, 0.4) is 0 Å². The summed E-state index contributed by atoms with van der Waals surface area (Å²) in [5, 5.41) is 12.9. The quantitative estimate of drug-likeness (QED) is 0.811. The summed E-state index contributed by atoms with van der Waals surface area (Å²) in [6, 6.07) is 0.649. The SMILES string of the molecule is CC1CCCC(C)N1N1CC(C(=O)O)CCC1=O. The fourth-order valence-corrected chi connectivity index (χ4v) is 3.14. The highest BCUT2D eigenvalue weighted by Gasteiger charge is 2.38. The van der Waals surface area contributed by atoms with Crippen LogP contribution in [0.4, 0.5) is 0 Å². The Morgan fingerprint density at radius 3 is 2.39 bits per heavy atom. The molecule has 2 aliphatic rings. The fraction of sp³-hybridized carbons (Fsp3) is 0.846. The van der Waals surface area contributed by atoms with Gasteiger partial charge in [-0.25, -0.2) is 5.01 Å². The molecule has 1 amide bonds. The number of carboxylic acids is 1. The summed E-state index contributed by atoms with van der Waals surface area (Å²) >= 11 is 0. The Balaban J connectivity index is 2.13. The van der Waals surface area contributed by atoms with Crippen LogP contribution in [0, 0.1) is 5.92 Å². The first kappa shape index (κ1) is 13.3. The lowest BCUT2D eigenvalue weighted by molar-refractivity contribution is -0.175. The molecule has 3 unspecified atom stereocenters. The van der Waals surface area contributed by atoms with Crippen LogP contribution in [0.5, 0.6) is 0 Å². The molecule has 0 aliphatic carbocycles. The van der Waals surface area contributed by atoms with Crippen molar-refractivity contribution in [3.8, 4) is 0 Å². The molecule has 0 bridgehead atoms. The predicted octanol–water partition coefficient (Wildman–Crippen LogP) is 1.49. The Labute approximate surface area is 108 Å². The maximum atomic E-state index is 12.0. The lowest BCUT2D eigenvalue weighted by atomic mass is 9.96. The zero-order valence-corrected chi connectivity index (χ0v) is 11.1. The van der Waals surface area contributed by atoms with Crippen LogP contribution >= 0.6 is 0 Å². The lowest BCUT2D eigenvalue weighted by Gasteiger charge is -2.48. The van der Waals surface area contributed by atoms with Crippen molar-refractivity contribution in [2.45, 2.75) is 58.0 Å². The zero-order chi connectivity index (χ0) is 13.3. The van der Waals surface area contributed by atoms with E-state index >= 15 is 0 Å². The number of hydrogen-bond acceptors (Lipinski definition) is 3. The molecule has 0 saturated carbocycles. The Hall–Kier alpha value is -1.10. The van der Waals surface area contributed by atoms with Crippen LogP contribution < -0.4 is 0 Å². The summed E-state index contributed by atoms with van der Waals surface area (Å²) in [7, 11) is 0. The van der Waals surface area contributed by atoms with E-state index in [0.29, 0.717) is 31.5 Å². The Morgan fingerprint density at radius 2 is 1.83 bits per heavy atom. The Morgan fingerprint density at radius 1 is 1.22 bits per heavy atom. The normalized spacial score (nSPS) is 34.7. The predicted molar refractivity (Wildman–Crippen MR) is 66.7 cm³/mol. The van der Waals surface area contributed by atoms with Gasteiger partial charge in [-0.05, 0) is 33.1 Å². The minimum Gasteiger partial charge on any atom is -0.481 e. The van der Waals surface area contributed by atoms with Gasteiger partial charge in [0, 0.05) is 18.5 Å². The number of carbonyl (C=O) groups is 2. The molecule has 0 aromatic carbocycles. The average Bonchev–Trinajstić information content (AvgIpc) is 2.30. The summed E-state index contributed by atoms with van der Waals surface area (Å²) < 4.78 is 0. The van der Waals surface area contributed by atoms with Gasteiger partial charge in [-0.3, -0.25) is 14.6 Å². The van der Waals surface area contributed by atoms with Gasteiger partial charge in [-0.2, -0.15) is 0 Å². The van der Waals surface area contributed by atoms with Crippen molar-refractivity contribution >= 4 is 11.9 Å². The third-order valence-electron chi connectivity index (χ3n) is 4.16. The molecule has 0 aromatic heterocycles. The summed E-state index contributed by atoms with van der Waals surface area (Å²) in [4.78, 5) is 23.1. The minimum atomic E-state index is -0.787. The van der Waals surface area contributed by atoms with Crippen LogP contribution in [0.1, 0.15) is 46.0 Å². The second kappa shape index (κ2) is 5.26. The second-order valence-electron chi connectivity index (χ2n) is 5.56. The van der Waals surface area contributed by atoms with Gasteiger partial charge in [-0.1, -0.05) is 6.42 Å². The minimum absolute atomic E-state index is 0.0769. The van der Waals surface area contributed by atoms with E-state index < -0.39 is 11.9 Å². The summed E-state index contributed by atoms with van der Waals surface area (Å²) in [5.74, 6) is -1.12. The van der Waals surface area contributed by atoms with Crippen molar-refractivity contribution in [2.75, 3.05) is 6.54 Å². The maximum Gasteiger partial charge on any atom is 0.308 e. The number of nitrogens with zero attached hydrogens (tertiary/aromatic N) is 2. The highest BCUT2D eigenvalue weighted by Crippen LogP contribution is 2.28. The van der Waals surface area contributed by atoms with E-state index in [1.165, 1.54) is 6.42 Å². The molecule has 0 spiro atoms. The zero-order valence-electron chi connectivity index (χ0n) is 11.1. The van der Waals surface area contributed by atoms with Crippen molar-refractivity contribution in [1.82, 2.24) is 10.0 Å². The van der Waals surface area contributed by atoms with Crippen LogP contribution in [-0.4, -0.2) is 45.6 Å². The molecular formula is C13H22N2O3. The molecule has 18 heavy (non-hydrogen) atoms. The average molecular weight is 254 g/mol. The van der Waals surface area contributed by atoms with Gasteiger partial charge in [0.1, 0.15) is 0 Å². The number of amides is 1. The standard InChI is InChI=1S/C13H22N2O3/c1-9-4-3-5-10(2)15(9)14-8-11(13(17)18)6-7-12(14)16/h9-11H,3-8H2,1-2H3,(H,17,18). The van der Waals surface area contributed by atoms with E-state index in [1.807, 2.05) is 0 Å². The number of rotatable bonds is 2. The summed E-state index contributed by atoms with van der Waals surface area (Å²) in [6.45, 7) is 4.57. The molecule has 102 valence electrons. The summed E-state index contributed by atoms with van der Waals surface area (Å²) in [6.07, 6.45) is 4.16. The first-order valence-electron chi connectivity index (χ1n) is 6.82. The molecule has 0 aromatic rings. The number of carboxylic acid groups (broad SMARTS) is 1. The van der Waals surface area contributed by atoms with Gasteiger partial charge >= 0.3 is 5.97 Å². The van der Waals surface area contributed by atoms with Gasteiger partial charge in [0.25, 0.3) is 0 Å². The monoisotopic (exact) mass is 254 g/mol. The molecule has 2 saturated heterocycles. The lowest BCUT2D eigenvalue weighted by Crippen LogP contribution is -2.59. The summed E-state index contributed by atoms with van der Waals surface area (Å²) in [5.41, 5.74) is 0. The largest absolute Gasteiger partial charge is 0.481 e.